The first kappa shape index (κ1) is 14.7. The van der Waals surface area contributed by atoms with Crippen molar-refractivity contribution in [2.45, 2.75) is 26.2 Å². The lowest BCUT2D eigenvalue weighted by molar-refractivity contribution is 0.0712. The maximum absolute atomic E-state index is 12.8. The smallest absolute Gasteiger partial charge is 0.266 e. The summed E-state index contributed by atoms with van der Waals surface area (Å²) in [4.78, 5) is 15.3. The average Bonchev–Trinajstić information content (AvgIpc) is 2.74. The summed E-state index contributed by atoms with van der Waals surface area (Å²) in [7, 11) is 0. The predicted molar refractivity (Wildman–Crippen MR) is 90.2 cm³/mol. The van der Waals surface area contributed by atoms with E-state index in [2.05, 4.69) is 0 Å². The molecule has 1 heterocycles. The number of amides is 1. The summed E-state index contributed by atoms with van der Waals surface area (Å²) >= 11 is 7.48. The number of carbonyl (C=O) groups excluding carboxylic acids is 1. The fraction of sp³-hybridized carbons (Fsp3) is 0.438. The van der Waals surface area contributed by atoms with Gasteiger partial charge in [-0.25, -0.2) is 0 Å². The monoisotopic (exact) mass is 322 g/mol. The van der Waals surface area contributed by atoms with Crippen LogP contribution in [0, 0.1) is 5.92 Å². The van der Waals surface area contributed by atoms with Crippen molar-refractivity contribution in [3.63, 3.8) is 0 Å². The zero-order valence-corrected chi connectivity index (χ0v) is 13.6. The Kier molecular flexibility index (Phi) is 4.09. The summed E-state index contributed by atoms with van der Waals surface area (Å²) in [6.45, 7) is 3.60. The zero-order chi connectivity index (χ0) is 15.0. The van der Waals surface area contributed by atoms with Gasteiger partial charge in [0.1, 0.15) is 4.88 Å². The van der Waals surface area contributed by atoms with Crippen molar-refractivity contribution in [1.82, 2.24) is 4.90 Å². The second kappa shape index (κ2) is 5.85. The Balaban J connectivity index is 1.90. The summed E-state index contributed by atoms with van der Waals surface area (Å²) in [6.07, 6.45) is 3.77. The highest BCUT2D eigenvalue weighted by Crippen LogP contribution is 2.36. The van der Waals surface area contributed by atoms with Crippen molar-refractivity contribution >= 4 is 44.6 Å². The normalized spacial score (nSPS) is 15.1. The molecule has 1 saturated carbocycles. The number of halogens is 1. The van der Waals surface area contributed by atoms with Crippen molar-refractivity contribution in [3.8, 4) is 0 Å². The van der Waals surface area contributed by atoms with Crippen LogP contribution in [0.15, 0.2) is 18.2 Å². The van der Waals surface area contributed by atoms with Crippen molar-refractivity contribution in [2.75, 3.05) is 18.8 Å². The van der Waals surface area contributed by atoms with Gasteiger partial charge in [0.15, 0.2) is 0 Å². The van der Waals surface area contributed by atoms with Crippen LogP contribution in [0.3, 0.4) is 0 Å². The van der Waals surface area contributed by atoms with E-state index in [1.807, 2.05) is 30.0 Å². The van der Waals surface area contributed by atoms with Gasteiger partial charge in [0.05, 0.1) is 5.69 Å². The van der Waals surface area contributed by atoms with E-state index in [4.69, 9.17) is 17.3 Å². The first-order valence-electron chi connectivity index (χ1n) is 7.37. The van der Waals surface area contributed by atoms with Crippen LogP contribution < -0.4 is 5.73 Å². The third-order valence-electron chi connectivity index (χ3n) is 4.25. The largest absolute Gasteiger partial charge is 0.397 e. The lowest BCUT2D eigenvalue weighted by Gasteiger charge is -2.31. The molecule has 3 rings (SSSR count). The number of carbonyl (C=O) groups is 1. The molecular formula is C16H19ClN2OS. The number of rotatable bonds is 4. The van der Waals surface area contributed by atoms with Crippen LogP contribution in [-0.4, -0.2) is 23.9 Å². The third kappa shape index (κ3) is 2.74. The van der Waals surface area contributed by atoms with Crippen LogP contribution in [0.5, 0.6) is 0 Å². The maximum Gasteiger partial charge on any atom is 0.266 e. The predicted octanol–water partition coefficient (Wildman–Crippen LogP) is 4.40. The van der Waals surface area contributed by atoms with Crippen molar-refractivity contribution in [1.29, 1.82) is 0 Å². The molecule has 0 aliphatic heterocycles. The zero-order valence-electron chi connectivity index (χ0n) is 12.1. The SMILES string of the molecule is CCN(CC1CCC1)C(=O)c1sc2ccc(Cl)cc2c1N. The highest BCUT2D eigenvalue weighted by molar-refractivity contribution is 7.21. The number of hydrogen-bond acceptors (Lipinski definition) is 3. The van der Waals surface area contributed by atoms with Crippen LogP contribution in [0.4, 0.5) is 5.69 Å². The molecule has 1 aromatic heterocycles. The van der Waals surface area contributed by atoms with Crippen molar-refractivity contribution in [2.24, 2.45) is 5.92 Å². The minimum atomic E-state index is 0.0548. The molecule has 1 amide bonds. The molecule has 1 aromatic carbocycles. The van der Waals surface area contributed by atoms with Gasteiger partial charge in [-0.2, -0.15) is 0 Å². The molecule has 112 valence electrons. The van der Waals surface area contributed by atoms with Gasteiger partial charge in [-0.3, -0.25) is 4.79 Å². The molecule has 2 aromatic rings. The number of nitrogen functional groups attached to an aromatic ring is 1. The Morgan fingerprint density at radius 3 is 2.86 bits per heavy atom. The van der Waals surface area contributed by atoms with E-state index < -0.39 is 0 Å². The van der Waals surface area contributed by atoms with Crippen molar-refractivity contribution in [3.05, 3.63) is 28.1 Å². The molecule has 0 unspecified atom stereocenters. The highest BCUT2D eigenvalue weighted by atomic mass is 35.5. The first-order chi connectivity index (χ1) is 10.1. The van der Waals surface area contributed by atoms with Crippen LogP contribution in [0.1, 0.15) is 35.9 Å². The van der Waals surface area contributed by atoms with Gasteiger partial charge < -0.3 is 10.6 Å². The summed E-state index contributed by atoms with van der Waals surface area (Å²) in [5.41, 5.74) is 6.75. The molecule has 0 radical (unpaired) electrons. The molecule has 0 bridgehead atoms. The Hall–Kier alpha value is -1.26. The molecule has 1 aliphatic carbocycles. The third-order valence-corrected chi connectivity index (χ3v) is 5.66. The first-order valence-corrected chi connectivity index (χ1v) is 8.56. The molecule has 0 saturated heterocycles. The second-order valence-electron chi connectivity index (χ2n) is 5.63. The number of benzene rings is 1. The summed E-state index contributed by atoms with van der Waals surface area (Å²) in [6, 6.07) is 5.60. The van der Waals surface area contributed by atoms with Gasteiger partial charge in [0, 0.05) is 28.2 Å². The number of anilines is 1. The van der Waals surface area contributed by atoms with E-state index >= 15 is 0 Å². The Labute approximate surface area is 133 Å². The lowest BCUT2D eigenvalue weighted by Crippen LogP contribution is -2.37. The van der Waals surface area contributed by atoms with Gasteiger partial charge >= 0.3 is 0 Å². The van der Waals surface area contributed by atoms with E-state index in [0.29, 0.717) is 21.5 Å². The number of hydrogen-bond donors (Lipinski definition) is 1. The fourth-order valence-corrected chi connectivity index (χ4v) is 3.98. The van der Waals surface area contributed by atoms with Crippen LogP contribution >= 0.6 is 22.9 Å². The fourth-order valence-electron chi connectivity index (χ4n) is 2.73. The van der Waals surface area contributed by atoms with Gasteiger partial charge in [0.25, 0.3) is 5.91 Å². The average molecular weight is 323 g/mol. The van der Waals surface area contributed by atoms with Gasteiger partial charge in [-0.05, 0) is 43.9 Å². The Morgan fingerprint density at radius 2 is 2.24 bits per heavy atom. The topological polar surface area (TPSA) is 46.3 Å². The summed E-state index contributed by atoms with van der Waals surface area (Å²) in [5, 5.41) is 1.53. The van der Waals surface area contributed by atoms with E-state index in [9.17, 15) is 4.79 Å². The number of thiophene rings is 1. The van der Waals surface area contributed by atoms with Gasteiger partial charge in [-0.15, -0.1) is 11.3 Å². The standard InChI is InChI=1S/C16H19ClN2OS/c1-2-19(9-10-4-3-5-10)16(20)15-14(18)12-8-11(17)6-7-13(12)21-15/h6-8,10H,2-5,9,18H2,1H3. The van der Waals surface area contributed by atoms with Crippen LogP contribution in [0.25, 0.3) is 10.1 Å². The molecule has 3 nitrogen and oxygen atoms in total. The Bertz CT molecular complexity index is 678. The molecule has 1 fully saturated rings. The summed E-state index contributed by atoms with van der Waals surface area (Å²) < 4.78 is 1.01. The molecule has 2 N–H and O–H groups in total. The number of nitrogens with two attached hydrogens (primary N) is 1. The Morgan fingerprint density at radius 1 is 1.48 bits per heavy atom. The van der Waals surface area contributed by atoms with Gasteiger partial charge in [0.2, 0.25) is 0 Å². The molecule has 5 heteroatoms. The second-order valence-corrected chi connectivity index (χ2v) is 7.11. The summed E-state index contributed by atoms with van der Waals surface area (Å²) in [5.74, 6) is 0.721. The quantitative estimate of drug-likeness (QED) is 0.906. The van der Waals surface area contributed by atoms with E-state index in [0.717, 1.165) is 23.2 Å². The van der Waals surface area contributed by atoms with E-state index in [1.165, 1.54) is 30.6 Å². The highest BCUT2D eigenvalue weighted by Gasteiger charge is 2.26. The molecule has 0 atom stereocenters. The minimum Gasteiger partial charge on any atom is -0.397 e. The van der Waals surface area contributed by atoms with Crippen LogP contribution in [-0.2, 0) is 0 Å². The number of nitrogens with zero attached hydrogens (tertiary/aromatic N) is 1. The van der Waals surface area contributed by atoms with E-state index in [1.54, 1.807) is 0 Å². The lowest BCUT2D eigenvalue weighted by atomic mass is 9.85. The molecule has 0 spiro atoms. The van der Waals surface area contributed by atoms with Crippen LogP contribution in [0.2, 0.25) is 5.02 Å². The minimum absolute atomic E-state index is 0.0548. The molecule has 21 heavy (non-hydrogen) atoms. The maximum atomic E-state index is 12.8. The van der Waals surface area contributed by atoms with Gasteiger partial charge in [-0.1, -0.05) is 18.0 Å². The van der Waals surface area contributed by atoms with E-state index in [-0.39, 0.29) is 5.91 Å². The van der Waals surface area contributed by atoms with Crippen molar-refractivity contribution < 1.29 is 4.79 Å². The molecular weight excluding hydrogens is 304 g/mol. The number of fused-ring (bicyclic) bond motifs is 1. The molecule has 1 aliphatic rings.